The van der Waals surface area contributed by atoms with Crippen LogP contribution in [0.25, 0.3) is 0 Å². The number of imide groups is 2. The topological polar surface area (TPSA) is 114 Å². The van der Waals surface area contributed by atoms with Crippen LogP contribution in [-0.4, -0.2) is 17.8 Å². The summed E-state index contributed by atoms with van der Waals surface area (Å²) < 4.78 is 0. The van der Waals surface area contributed by atoms with Gasteiger partial charge in [-0.25, -0.2) is 9.69 Å². The van der Waals surface area contributed by atoms with Crippen molar-refractivity contribution >= 4 is 23.5 Å². The van der Waals surface area contributed by atoms with Crippen molar-refractivity contribution in [2.75, 3.05) is 4.90 Å². The van der Waals surface area contributed by atoms with E-state index in [1.807, 2.05) is 12.1 Å². The highest BCUT2D eigenvalue weighted by Gasteiger charge is 2.62. The quantitative estimate of drug-likeness (QED) is 0.764. The van der Waals surface area contributed by atoms with Gasteiger partial charge in [0.1, 0.15) is 17.6 Å². The third kappa shape index (κ3) is 1.68. The third-order valence-corrected chi connectivity index (χ3v) is 3.72. The van der Waals surface area contributed by atoms with E-state index in [9.17, 15) is 14.4 Å². The zero-order valence-corrected chi connectivity index (χ0v) is 10.7. The number of carbonyl (C=O) groups is 3. The largest absolute Gasteiger partial charge is 0.335 e. The van der Waals surface area contributed by atoms with E-state index in [2.05, 4.69) is 5.32 Å². The summed E-state index contributed by atoms with van der Waals surface area (Å²) in [5.41, 5.74) is -0.748. The summed E-state index contributed by atoms with van der Waals surface area (Å²) in [6, 6.07) is 6.92. The molecule has 1 saturated carbocycles. The van der Waals surface area contributed by atoms with Gasteiger partial charge in [0.15, 0.2) is 0 Å². The molecule has 0 bridgehead atoms. The zero-order valence-electron chi connectivity index (χ0n) is 10.7. The number of urea groups is 1. The van der Waals surface area contributed by atoms with Crippen LogP contribution in [0, 0.1) is 28.1 Å². The van der Waals surface area contributed by atoms with Crippen LogP contribution in [0.5, 0.6) is 0 Å². The highest BCUT2D eigenvalue weighted by atomic mass is 16.2. The van der Waals surface area contributed by atoms with E-state index in [0.717, 1.165) is 4.90 Å². The Bertz CT molecular complexity index is 780. The van der Waals surface area contributed by atoms with E-state index in [1.54, 1.807) is 0 Å². The van der Waals surface area contributed by atoms with Gasteiger partial charge >= 0.3 is 6.03 Å². The van der Waals surface area contributed by atoms with E-state index >= 15 is 0 Å². The number of hydrogen-bond donors (Lipinski definition) is 1. The van der Waals surface area contributed by atoms with Gasteiger partial charge in [0.25, 0.3) is 5.91 Å². The smallest absolute Gasteiger partial charge is 0.276 e. The molecule has 1 aromatic carbocycles. The lowest BCUT2D eigenvalue weighted by Gasteiger charge is -2.30. The maximum Gasteiger partial charge on any atom is 0.335 e. The fraction of sp³-hybridized carbons (Fsp3) is 0.214. The lowest BCUT2D eigenvalue weighted by Crippen LogP contribution is -2.59. The van der Waals surface area contributed by atoms with Crippen molar-refractivity contribution in [3.05, 3.63) is 29.3 Å². The molecule has 1 spiro atoms. The molecule has 7 nitrogen and oxygen atoms in total. The summed E-state index contributed by atoms with van der Waals surface area (Å²) in [6.45, 7) is 0. The fourth-order valence-corrected chi connectivity index (χ4v) is 2.34. The average molecular weight is 280 g/mol. The second kappa shape index (κ2) is 4.15. The standard InChI is InChI=1S/C14H8N4O3/c15-6-8-1-2-10(5-9(8)7-16)18-12(20)14(3-4-14)11(19)17-13(18)21/h1-2,5H,3-4H2,(H,17,19,21). The minimum absolute atomic E-state index is 0.0670. The average Bonchev–Trinajstić information content (AvgIpc) is 3.27. The summed E-state index contributed by atoms with van der Waals surface area (Å²) in [5, 5.41) is 20.0. The normalized spacial score (nSPS) is 19.0. The lowest BCUT2D eigenvalue weighted by molar-refractivity contribution is -0.136. The van der Waals surface area contributed by atoms with Gasteiger partial charge in [-0.15, -0.1) is 0 Å². The van der Waals surface area contributed by atoms with E-state index in [-0.39, 0.29) is 16.8 Å². The minimum atomic E-state index is -1.14. The maximum atomic E-state index is 12.4. The van der Waals surface area contributed by atoms with Gasteiger partial charge in [-0.1, -0.05) is 0 Å². The second-order valence-corrected chi connectivity index (χ2v) is 4.94. The fourth-order valence-electron chi connectivity index (χ4n) is 2.34. The molecule has 4 amide bonds. The van der Waals surface area contributed by atoms with E-state index < -0.39 is 23.3 Å². The first-order chi connectivity index (χ1) is 10.0. The number of hydrogen-bond acceptors (Lipinski definition) is 5. The predicted octanol–water partition coefficient (Wildman–Crippen LogP) is 0.793. The van der Waals surface area contributed by atoms with Crippen molar-refractivity contribution in [2.24, 2.45) is 5.41 Å². The van der Waals surface area contributed by atoms with E-state index in [4.69, 9.17) is 10.5 Å². The Labute approximate surface area is 119 Å². The molecule has 3 rings (SSSR count). The minimum Gasteiger partial charge on any atom is -0.276 e. The number of nitriles is 2. The molecule has 2 fully saturated rings. The molecule has 1 aliphatic heterocycles. The third-order valence-electron chi connectivity index (χ3n) is 3.72. The van der Waals surface area contributed by atoms with Gasteiger partial charge in [-0.2, -0.15) is 10.5 Å². The Morgan fingerprint density at radius 1 is 1.10 bits per heavy atom. The Morgan fingerprint density at radius 2 is 1.76 bits per heavy atom. The van der Waals surface area contributed by atoms with Gasteiger partial charge in [-0.3, -0.25) is 14.9 Å². The molecule has 1 aromatic rings. The van der Waals surface area contributed by atoms with Gasteiger partial charge in [-0.05, 0) is 31.0 Å². The number of barbiturate groups is 1. The molecule has 1 N–H and O–H groups in total. The number of amides is 4. The Hall–Kier alpha value is -3.19. The predicted molar refractivity (Wildman–Crippen MR) is 68.6 cm³/mol. The summed E-state index contributed by atoms with van der Waals surface area (Å²) >= 11 is 0. The van der Waals surface area contributed by atoms with Crippen molar-refractivity contribution in [1.29, 1.82) is 10.5 Å². The number of nitrogens with zero attached hydrogens (tertiary/aromatic N) is 3. The van der Waals surface area contributed by atoms with Crippen LogP contribution < -0.4 is 10.2 Å². The number of rotatable bonds is 1. The summed E-state index contributed by atoms with van der Waals surface area (Å²) in [7, 11) is 0. The van der Waals surface area contributed by atoms with Crippen molar-refractivity contribution in [1.82, 2.24) is 5.32 Å². The molecule has 0 aromatic heterocycles. The Balaban J connectivity index is 2.06. The molecule has 1 aliphatic carbocycles. The monoisotopic (exact) mass is 280 g/mol. The zero-order chi connectivity index (χ0) is 15.2. The highest BCUT2D eigenvalue weighted by Crippen LogP contribution is 2.49. The van der Waals surface area contributed by atoms with Crippen molar-refractivity contribution in [3.8, 4) is 12.1 Å². The lowest BCUT2D eigenvalue weighted by atomic mass is 10.0. The van der Waals surface area contributed by atoms with Crippen LogP contribution in [0.2, 0.25) is 0 Å². The number of carbonyl (C=O) groups excluding carboxylic acids is 3. The van der Waals surface area contributed by atoms with Gasteiger partial charge in [0, 0.05) is 0 Å². The molecule has 7 heteroatoms. The SMILES string of the molecule is N#Cc1ccc(N2C(=O)NC(=O)C3(CC3)C2=O)cc1C#N. The molecule has 102 valence electrons. The van der Waals surface area contributed by atoms with Crippen LogP contribution in [0.1, 0.15) is 24.0 Å². The van der Waals surface area contributed by atoms with Crippen molar-refractivity contribution in [3.63, 3.8) is 0 Å². The highest BCUT2D eigenvalue weighted by molar-refractivity contribution is 6.31. The molecule has 2 aliphatic rings. The van der Waals surface area contributed by atoms with Crippen LogP contribution in [0.4, 0.5) is 10.5 Å². The first kappa shape index (κ1) is 12.8. The molecular formula is C14H8N4O3. The molecule has 0 unspecified atom stereocenters. The van der Waals surface area contributed by atoms with Crippen molar-refractivity contribution < 1.29 is 14.4 Å². The van der Waals surface area contributed by atoms with Crippen LogP contribution in [0.15, 0.2) is 18.2 Å². The number of anilines is 1. The first-order valence-corrected chi connectivity index (χ1v) is 6.18. The Morgan fingerprint density at radius 3 is 2.33 bits per heavy atom. The second-order valence-electron chi connectivity index (χ2n) is 4.94. The molecule has 0 atom stereocenters. The number of benzene rings is 1. The molecule has 0 radical (unpaired) electrons. The molecule has 1 saturated heterocycles. The van der Waals surface area contributed by atoms with Crippen molar-refractivity contribution in [2.45, 2.75) is 12.8 Å². The van der Waals surface area contributed by atoms with Crippen LogP contribution in [-0.2, 0) is 9.59 Å². The van der Waals surface area contributed by atoms with Gasteiger partial charge < -0.3 is 0 Å². The maximum absolute atomic E-state index is 12.4. The summed E-state index contributed by atoms with van der Waals surface area (Å²) in [4.78, 5) is 36.9. The van der Waals surface area contributed by atoms with Gasteiger partial charge in [0.05, 0.1) is 16.8 Å². The van der Waals surface area contributed by atoms with Gasteiger partial charge in [0.2, 0.25) is 5.91 Å². The summed E-state index contributed by atoms with van der Waals surface area (Å²) in [5.74, 6) is -1.15. The number of nitrogens with one attached hydrogen (secondary N) is 1. The Kier molecular flexibility index (Phi) is 2.54. The first-order valence-electron chi connectivity index (χ1n) is 6.18. The summed E-state index contributed by atoms with van der Waals surface area (Å²) in [6.07, 6.45) is 0.811. The van der Waals surface area contributed by atoms with Crippen LogP contribution in [0.3, 0.4) is 0 Å². The van der Waals surface area contributed by atoms with E-state index in [1.165, 1.54) is 18.2 Å². The molecular weight excluding hydrogens is 272 g/mol. The van der Waals surface area contributed by atoms with Crippen LogP contribution >= 0.6 is 0 Å². The molecule has 1 heterocycles. The molecule has 21 heavy (non-hydrogen) atoms. The van der Waals surface area contributed by atoms with E-state index in [0.29, 0.717) is 12.8 Å².